The topological polar surface area (TPSA) is 25.2 Å². The van der Waals surface area contributed by atoms with Crippen molar-refractivity contribution in [1.29, 1.82) is 0 Å². The fourth-order valence-electron chi connectivity index (χ4n) is 3.11. The lowest BCUT2D eigenvalue weighted by Gasteiger charge is -2.40. The maximum atomic E-state index is 12.2. The molecule has 0 bridgehead atoms. The molecule has 1 fully saturated rings. The van der Waals surface area contributed by atoms with Gasteiger partial charge in [-0.15, -0.1) is 0 Å². The fraction of sp³-hybridized carbons (Fsp3) is 0.688. The van der Waals surface area contributed by atoms with Crippen LogP contribution < -0.4 is 0 Å². The van der Waals surface area contributed by atoms with Gasteiger partial charge in [-0.1, -0.05) is 26.7 Å². The maximum absolute atomic E-state index is 12.2. The molecule has 0 saturated carbocycles. The van der Waals surface area contributed by atoms with Crippen LogP contribution in [0, 0.1) is 5.41 Å². The number of ketones is 1. The number of hydrogen-bond donors (Lipinski definition) is 0. The molecule has 1 saturated heterocycles. The van der Waals surface area contributed by atoms with E-state index in [2.05, 4.69) is 18.7 Å². The quantitative estimate of drug-likeness (QED) is 0.762. The molecule has 0 spiro atoms. The second-order valence-electron chi connectivity index (χ2n) is 5.97. The largest absolute Gasteiger partial charge is 0.357 e. The van der Waals surface area contributed by atoms with Crippen molar-refractivity contribution in [2.75, 3.05) is 19.6 Å². The minimum Gasteiger partial charge on any atom is -0.357 e. The third kappa shape index (κ3) is 3.27. The Kier molecular flexibility index (Phi) is 4.46. The zero-order chi connectivity index (χ0) is 13.9. The van der Waals surface area contributed by atoms with Crippen LogP contribution in [0.25, 0.3) is 0 Å². The summed E-state index contributed by atoms with van der Waals surface area (Å²) in [4.78, 5) is 14.5. The first kappa shape index (κ1) is 14.3. The van der Waals surface area contributed by atoms with Gasteiger partial charge in [0.15, 0.2) is 5.78 Å². The summed E-state index contributed by atoms with van der Waals surface area (Å²) in [5, 5.41) is 0. The van der Waals surface area contributed by atoms with Crippen LogP contribution in [-0.2, 0) is 7.05 Å². The number of likely N-dealkylation sites (tertiary alicyclic amines) is 1. The summed E-state index contributed by atoms with van der Waals surface area (Å²) in [6.07, 6.45) is 8.86. The predicted molar refractivity (Wildman–Crippen MR) is 78.4 cm³/mol. The standard InChI is InChI=1S/C16H26N2O/c1-4-16(5-2)7-10-18(11-8-16)13-15(19)14-6-9-17(3)12-14/h6,9,12H,4-5,7-8,10-11,13H2,1-3H3. The molecule has 19 heavy (non-hydrogen) atoms. The van der Waals surface area contributed by atoms with E-state index in [0.29, 0.717) is 12.0 Å². The monoisotopic (exact) mass is 262 g/mol. The molecule has 2 heterocycles. The molecule has 1 aliphatic rings. The lowest BCUT2D eigenvalue weighted by atomic mass is 9.74. The number of nitrogens with zero attached hydrogens (tertiary/aromatic N) is 2. The summed E-state index contributed by atoms with van der Waals surface area (Å²) in [6, 6.07) is 1.91. The molecule has 0 atom stereocenters. The predicted octanol–water partition coefficient (Wildman–Crippen LogP) is 3.11. The highest BCUT2D eigenvalue weighted by Crippen LogP contribution is 2.37. The summed E-state index contributed by atoms with van der Waals surface area (Å²) in [5.41, 5.74) is 1.37. The zero-order valence-electron chi connectivity index (χ0n) is 12.5. The van der Waals surface area contributed by atoms with E-state index in [4.69, 9.17) is 0 Å². The van der Waals surface area contributed by atoms with Crippen molar-refractivity contribution >= 4 is 5.78 Å². The number of aromatic nitrogens is 1. The Bertz CT molecular complexity index is 422. The minimum absolute atomic E-state index is 0.251. The van der Waals surface area contributed by atoms with Gasteiger partial charge in [0.2, 0.25) is 0 Å². The van der Waals surface area contributed by atoms with Gasteiger partial charge in [-0.3, -0.25) is 9.69 Å². The van der Waals surface area contributed by atoms with Crippen molar-refractivity contribution in [3.63, 3.8) is 0 Å². The molecule has 3 heteroatoms. The molecule has 0 amide bonds. The van der Waals surface area contributed by atoms with Gasteiger partial charge >= 0.3 is 0 Å². The molecular formula is C16H26N2O. The Morgan fingerprint density at radius 1 is 1.26 bits per heavy atom. The molecule has 1 aromatic heterocycles. The Morgan fingerprint density at radius 3 is 2.37 bits per heavy atom. The van der Waals surface area contributed by atoms with Gasteiger partial charge in [-0.2, -0.15) is 0 Å². The van der Waals surface area contributed by atoms with Gasteiger partial charge in [-0.05, 0) is 37.4 Å². The van der Waals surface area contributed by atoms with E-state index in [9.17, 15) is 4.79 Å². The van der Waals surface area contributed by atoms with Crippen LogP contribution >= 0.6 is 0 Å². The third-order valence-corrected chi connectivity index (χ3v) is 4.94. The molecule has 0 aliphatic carbocycles. The Hall–Kier alpha value is -1.09. The van der Waals surface area contributed by atoms with Crippen LogP contribution in [-0.4, -0.2) is 34.9 Å². The Balaban J connectivity index is 1.87. The van der Waals surface area contributed by atoms with Gasteiger partial charge in [0.1, 0.15) is 0 Å². The highest BCUT2D eigenvalue weighted by molar-refractivity contribution is 5.97. The molecule has 0 aromatic carbocycles. The van der Waals surface area contributed by atoms with E-state index in [1.165, 1.54) is 25.7 Å². The lowest BCUT2D eigenvalue weighted by molar-refractivity contribution is 0.0756. The van der Waals surface area contributed by atoms with E-state index in [0.717, 1.165) is 18.7 Å². The van der Waals surface area contributed by atoms with Gasteiger partial charge in [0, 0.05) is 25.0 Å². The first-order valence-corrected chi connectivity index (χ1v) is 7.46. The SMILES string of the molecule is CCC1(CC)CCN(CC(=O)c2ccn(C)c2)CC1. The molecule has 1 aromatic rings. The number of aryl methyl sites for hydroxylation is 1. The highest BCUT2D eigenvalue weighted by atomic mass is 16.1. The lowest BCUT2D eigenvalue weighted by Crippen LogP contribution is -2.41. The van der Waals surface area contributed by atoms with Crippen molar-refractivity contribution in [2.24, 2.45) is 12.5 Å². The number of Topliss-reactive ketones (excluding diaryl/α,β-unsaturated/α-hetero) is 1. The van der Waals surface area contributed by atoms with E-state index >= 15 is 0 Å². The first-order chi connectivity index (χ1) is 9.08. The molecule has 106 valence electrons. The van der Waals surface area contributed by atoms with Crippen molar-refractivity contribution in [2.45, 2.75) is 39.5 Å². The van der Waals surface area contributed by atoms with E-state index in [1.54, 1.807) is 0 Å². The summed E-state index contributed by atoms with van der Waals surface area (Å²) < 4.78 is 1.93. The van der Waals surface area contributed by atoms with Crippen molar-refractivity contribution in [1.82, 2.24) is 9.47 Å². The normalized spacial score (nSPS) is 19.5. The van der Waals surface area contributed by atoms with Crippen molar-refractivity contribution < 1.29 is 4.79 Å². The molecule has 0 unspecified atom stereocenters. The van der Waals surface area contributed by atoms with Crippen LogP contribution in [0.1, 0.15) is 49.9 Å². The summed E-state index contributed by atoms with van der Waals surface area (Å²) in [5.74, 6) is 0.251. The van der Waals surface area contributed by atoms with Crippen LogP contribution in [0.15, 0.2) is 18.5 Å². The van der Waals surface area contributed by atoms with Crippen LogP contribution in [0.3, 0.4) is 0 Å². The first-order valence-electron chi connectivity index (χ1n) is 7.46. The summed E-state index contributed by atoms with van der Waals surface area (Å²) in [6.45, 7) is 7.32. The smallest absolute Gasteiger partial charge is 0.178 e. The van der Waals surface area contributed by atoms with E-state index < -0.39 is 0 Å². The number of piperidine rings is 1. The maximum Gasteiger partial charge on any atom is 0.178 e. The van der Waals surface area contributed by atoms with Gasteiger partial charge in [0.05, 0.1) is 6.54 Å². The summed E-state index contributed by atoms with van der Waals surface area (Å²) >= 11 is 0. The van der Waals surface area contributed by atoms with E-state index in [1.807, 2.05) is 30.1 Å². The molecule has 2 rings (SSSR count). The summed E-state index contributed by atoms with van der Waals surface area (Å²) in [7, 11) is 1.95. The molecular weight excluding hydrogens is 236 g/mol. The molecule has 3 nitrogen and oxygen atoms in total. The second-order valence-corrected chi connectivity index (χ2v) is 5.97. The highest BCUT2D eigenvalue weighted by Gasteiger charge is 2.31. The average Bonchev–Trinajstić information content (AvgIpc) is 2.87. The Labute approximate surface area is 116 Å². The zero-order valence-corrected chi connectivity index (χ0v) is 12.5. The number of hydrogen-bond acceptors (Lipinski definition) is 2. The van der Waals surface area contributed by atoms with Gasteiger partial charge < -0.3 is 4.57 Å². The number of rotatable bonds is 5. The van der Waals surface area contributed by atoms with Crippen LogP contribution in [0.2, 0.25) is 0 Å². The average molecular weight is 262 g/mol. The molecule has 0 N–H and O–H groups in total. The van der Waals surface area contributed by atoms with Crippen LogP contribution in [0.4, 0.5) is 0 Å². The van der Waals surface area contributed by atoms with Crippen LogP contribution in [0.5, 0.6) is 0 Å². The number of carbonyl (C=O) groups is 1. The van der Waals surface area contributed by atoms with Crippen molar-refractivity contribution in [3.05, 3.63) is 24.0 Å². The number of carbonyl (C=O) groups excluding carboxylic acids is 1. The second kappa shape index (κ2) is 5.91. The van der Waals surface area contributed by atoms with Gasteiger partial charge in [-0.25, -0.2) is 0 Å². The fourth-order valence-corrected chi connectivity index (χ4v) is 3.11. The molecule has 1 aliphatic heterocycles. The third-order valence-electron chi connectivity index (χ3n) is 4.94. The van der Waals surface area contributed by atoms with Crippen molar-refractivity contribution in [3.8, 4) is 0 Å². The molecule has 0 radical (unpaired) electrons. The minimum atomic E-state index is 0.251. The van der Waals surface area contributed by atoms with E-state index in [-0.39, 0.29) is 5.78 Å². The Morgan fingerprint density at radius 2 is 1.89 bits per heavy atom. The van der Waals surface area contributed by atoms with Gasteiger partial charge in [0.25, 0.3) is 0 Å².